The van der Waals surface area contributed by atoms with Crippen LogP contribution in [0.4, 0.5) is 23.2 Å². The number of benzene rings is 1. The van der Waals surface area contributed by atoms with E-state index in [9.17, 15) is 22.4 Å². The highest BCUT2D eigenvalue weighted by Gasteiger charge is 2.44. The molecule has 1 N–H and O–H groups in total. The summed E-state index contributed by atoms with van der Waals surface area (Å²) >= 11 is 1.32. The number of carbonyl (C=O) groups is 1. The van der Waals surface area contributed by atoms with E-state index in [0.717, 1.165) is 12.3 Å². The molecule has 0 fully saturated rings. The zero-order chi connectivity index (χ0) is 20.5. The number of pyridine rings is 1. The predicted molar refractivity (Wildman–Crippen MR) is 98.0 cm³/mol. The van der Waals surface area contributed by atoms with Crippen LogP contribution in [0.15, 0.2) is 47.5 Å². The number of hydrogen-bond acceptors (Lipinski definition) is 3. The molecule has 0 aliphatic rings. The highest BCUT2D eigenvalue weighted by molar-refractivity contribution is 8.00. The topological polar surface area (TPSA) is 42.0 Å². The Balaban J connectivity index is 2.20. The van der Waals surface area contributed by atoms with E-state index in [1.165, 1.54) is 30.0 Å². The zero-order valence-corrected chi connectivity index (χ0v) is 16.1. The Labute approximate surface area is 159 Å². The Morgan fingerprint density at radius 1 is 1.07 bits per heavy atom. The summed E-state index contributed by atoms with van der Waals surface area (Å²) in [5, 5.41) is 2.53. The number of halogens is 4. The average Bonchev–Trinajstić information content (AvgIpc) is 2.53. The molecule has 2 rings (SSSR count). The highest BCUT2D eigenvalue weighted by atomic mass is 32.2. The Morgan fingerprint density at radius 2 is 1.74 bits per heavy atom. The summed E-state index contributed by atoms with van der Waals surface area (Å²) in [7, 11) is 0. The molecule has 1 amide bonds. The maximum absolute atomic E-state index is 13.4. The van der Waals surface area contributed by atoms with E-state index in [0.29, 0.717) is 4.90 Å². The van der Waals surface area contributed by atoms with Gasteiger partial charge in [-0.3, -0.25) is 9.78 Å². The Hall–Kier alpha value is -2.09. The van der Waals surface area contributed by atoms with E-state index in [1.807, 2.05) is 13.8 Å². The van der Waals surface area contributed by atoms with E-state index in [-0.39, 0.29) is 11.5 Å². The summed E-state index contributed by atoms with van der Waals surface area (Å²) in [5.41, 5.74) is -2.04. The molecule has 1 aromatic carbocycles. The van der Waals surface area contributed by atoms with Crippen molar-refractivity contribution in [3.8, 4) is 0 Å². The molecule has 0 spiro atoms. The molecule has 3 nitrogen and oxygen atoms in total. The second kappa shape index (κ2) is 7.50. The largest absolute Gasteiger partial charge is 0.433 e. The van der Waals surface area contributed by atoms with Crippen molar-refractivity contribution < 1.29 is 22.4 Å². The van der Waals surface area contributed by atoms with Crippen molar-refractivity contribution in [2.45, 2.75) is 43.5 Å². The number of nitrogens with one attached hydrogen (secondary N) is 1. The summed E-state index contributed by atoms with van der Waals surface area (Å²) in [6.07, 6.45) is -3.60. The van der Waals surface area contributed by atoms with Gasteiger partial charge >= 0.3 is 6.18 Å². The molecule has 0 unspecified atom stereocenters. The lowest BCUT2D eigenvalue weighted by Gasteiger charge is -2.39. The quantitative estimate of drug-likeness (QED) is 0.511. The third-order valence-electron chi connectivity index (χ3n) is 4.55. The number of alkyl halides is 3. The first-order chi connectivity index (χ1) is 12.3. The lowest BCUT2D eigenvalue weighted by atomic mass is 9.79. The van der Waals surface area contributed by atoms with E-state index >= 15 is 0 Å². The van der Waals surface area contributed by atoms with Gasteiger partial charge in [0.2, 0.25) is 5.91 Å². The van der Waals surface area contributed by atoms with E-state index in [1.54, 1.807) is 26.0 Å². The van der Waals surface area contributed by atoms with Crippen LogP contribution < -0.4 is 5.32 Å². The number of nitrogens with zero attached hydrogens (tertiary/aromatic N) is 1. The second-order valence-corrected chi connectivity index (χ2v) is 8.77. The van der Waals surface area contributed by atoms with Crippen LogP contribution in [0.1, 0.15) is 33.4 Å². The van der Waals surface area contributed by atoms with Gasteiger partial charge in [0.1, 0.15) is 11.5 Å². The van der Waals surface area contributed by atoms with E-state index in [4.69, 9.17) is 0 Å². The SMILES string of the molecule is CC(C)(Sc1cccc(F)c1)C(C)(C)C(=O)Nc1ccnc(C(F)(F)F)c1. The van der Waals surface area contributed by atoms with Crippen LogP contribution in [0.2, 0.25) is 0 Å². The van der Waals surface area contributed by atoms with Crippen molar-refractivity contribution >= 4 is 23.4 Å². The molecule has 146 valence electrons. The molecule has 0 atom stereocenters. The monoisotopic (exact) mass is 400 g/mol. The second-order valence-electron chi connectivity index (χ2n) is 7.08. The number of aromatic nitrogens is 1. The van der Waals surface area contributed by atoms with Crippen LogP contribution in [0.3, 0.4) is 0 Å². The fourth-order valence-electron chi connectivity index (χ4n) is 2.18. The molecule has 8 heteroatoms. The molecule has 2 aromatic rings. The molecule has 0 saturated heterocycles. The van der Waals surface area contributed by atoms with Gasteiger partial charge in [0.05, 0.1) is 5.41 Å². The summed E-state index contributed by atoms with van der Waals surface area (Å²) in [6, 6.07) is 8.12. The van der Waals surface area contributed by atoms with Gasteiger partial charge in [0, 0.05) is 21.5 Å². The van der Waals surface area contributed by atoms with E-state index in [2.05, 4.69) is 10.3 Å². The van der Waals surface area contributed by atoms with Gasteiger partial charge in [0.25, 0.3) is 0 Å². The minimum atomic E-state index is -4.59. The molecule has 0 saturated carbocycles. The van der Waals surface area contributed by atoms with Crippen molar-refractivity contribution in [2.75, 3.05) is 5.32 Å². The minimum Gasteiger partial charge on any atom is -0.325 e. The minimum absolute atomic E-state index is 0.0157. The maximum atomic E-state index is 13.4. The normalized spacial score (nSPS) is 12.7. The van der Waals surface area contributed by atoms with Crippen LogP contribution >= 0.6 is 11.8 Å². The van der Waals surface area contributed by atoms with Gasteiger partial charge in [-0.15, -0.1) is 11.8 Å². The molecular weight excluding hydrogens is 380 g/mol. The molecular formula is C19H20F4N2OS. The van der Waals surface area contributed by atoms with Gasteiger partial charge in [0.15, 0.2) is 0 Å². The molecule has 0 aliphatic carbocycles. The van der Waals surface area contributed by atoms with Crippen molar-refractivity contribution in [2.24, 2.45) is 5.41 Å². The van der Waals surface area contributed by atoms with Gasteiger partial charge in [-0.2, -0.15) is 13.2 Å². The van der Waals surface area contributed by atoms with Crippen LogP contribution in [0.25, 0.3) is 0 Å². The molecule has 27 heavy (non-hydrogen) atoms. The molecule has 0 aliphatic heterocycles. The van der Waals surface area contributed by atoms with Crippen LogP contribution in [0.5, 0.6) is 0 Å². The maximum Gasteiger partial charge on any atom is 0.433 e. The smallest absolute Gasteiger partial charge is 0.325 e. The average molecular weight is 400 g/mol. The van der Waals surface area contributed by atoms with Gasteiger partial charge in [-0.1, -0.05) is 6.07 Å². The third kappa shape index (κ3) is 5.00. The first kappa shape index (κ1) is 21.2. The number of thioether (sulfide) groups is 1. The summed E-state index contributed by atoms with van der Waals surface area (Å²) in [5.74, 6) is -0.828. The number of hydrogen-bond donors (Lipinski definition) is 1. The van der Waals surface area contributed by atoms with Gasteiger partial charge < -0.3 is 5.32 Å². The van der Waals surface area contributed by atoms with Crippen molar-refractivity contribution in [1.82, 2.24) is 4.98 Å². The Bertz CT molecular complexity index is 834. The Morgan fingerprint density at radius 3 is 2.33 bits per heavy atom. The van der Waals surface area contributed by atoms with Gasteiger partial charge in [-0.25, -0.2) is 4.39 Å². The van der Waals surface area contributed by atoms with E-state index < -0.39 is 27.9 Å². The molecule has 0 bridgehead atoms. The Kier molecular flexibility index (Phi) is 5.89. The predicted octanol–water partition coefficient (Wildman–Crippen LogP) is 5.78. The third-order valence-corrected chi connectivity index (χ3v) is 6.06. The standard InChI is InChI=1S/C19H20F4N2OS/c1-17(2,18(3,4)27-14-7-5-6-12(20)10-14)16(26)25-13-8-9-24-15(11-13)19(21,22)23/h5-11H,1-4H3,(H,24,25,26). The molecule has 0 radical (unpaired) electrons. The molecule has 1 heterocycles. The number of carbonyl (C=O) groups excluding carboxylic acids is 1. The summed E-state index contributed by atoms with van der Waals surface area (Å²) < 4.78 is 51.1. The fourth-order valence-corrected chi connectivity index (χ4v) is 3.43. The van der Waals surface area contributed by atoms with Crippen molar-refractivity contribution in [3.63, 3.8) is 0 Å². The van der Waals surface area contributed by atoms with Crippen LogP contribution in [0, 0.1) is 11.2 Å². The lowest BCUT2D eigenvalue weighted by molar-refractivity contribution is -0.141. The summed E-state index contributed by atoms with van der Waals surface area (Å²) in [4.78, 5) is 16.7. The van der Waals surface area contributed by atoms with Crippen molar-refractivity contribution in [3.05, 3.63) is 54.1 Å². The lowest BCUT2D eigenvalue weighted by Crippen LogP contribution is -2.45. The number of rotatable bonds is 5. The zero-order valence-electron chi connectivity index (χ0n) is 15.3. The number of anilines is 1. The van der Waals surface area contributed by atoms with Crippen molar-refractivity contribution in [1.29, 1.82) is 0 Å². The first-order valence-electron chi connectivity index (χ1n) is 8.12. The van der Waals surface area contributed by atoms with Crippen LogP contribution in [-0.4, -0.2) is 15.6 Å². The first-order valence-corrected chi connectivity index (χ1v) is 8.94. The highest BCUT2D eigenvalue weighted by Crippen LogP contribution is 2.46. The molecule has 1 aromatic heterocycles. The van der Waals surface area contributed by atoms with Gasteiger partial charge in [-0.05, 0) is 58.0 Å². The summed E-state index contributed by atoms with van der Waals surface area (Å²) in [6.45, 7) is 7.05. The number of amides is 1. The fraction of sp³-hybridized carbons (Fsp3) is 0.368. The van der Waals surface area contributed by atoms with Crippen LogP contribution in [-0.2, 0) is 11.0 Å².